The fourth-order valence-corrected chi connectivity index (χ4v) is 1.67. The SMILES string of the molecule is C#CCCc1ccc(OC)c(CN(C)C)c1. The molecule has 1 rings (SSSR count). The molecule has 0 bridgehead atoms. The van der Waals surface area contributed by atoms with Crippen LogP contribution in [-0.4, -0.2) is 26.1 Å². The van der Waals surface area contributed by atoms with Crippen LogP contribution in [0.4, 0.5) is 0 Å². The van der Waals surface area contributed by atoms with Crippen molar-refractivity contribution >= 4 is 0 Å². The minimum atomic E-state index is 0.785. The lowest BCUT2D eigenvalue weighted by Gasteiger charge is -2.14. The Balaban J connectivity index is 2.88. The van der Waals surface area contributed by atoms with Gasteiger partial charge in [-0.05, 0) is 32.1 Å². The Labute approximate surface area is 98.2 Å². The average molecular weight is 217 g/mol. The molecule has 16 heavy (non-hydrogen) atoms. The molecule has 2 heteroatoms. The van der Waals surface area contributed by atoms with Crippen LogP contribution >= 0.6 is 0 Å². The van der Waals surface area contributed by atoms with Gasteiger partial charge in [-0.1, -0.05) is 12.1 Å². The molecule has 1 aromatic carbocycles. The lowest BCUT2D eigenvalue weighted by atomic mass is 10.1. The molecule has 0 atom stereocenters. The standard InChI is InChI=1S/C14H19NO/c1-5-6-7-12-8-9-14(16-4)13(10-12)11-15(2)3/h1,8-10H,6-7,11H2,2-4H3. The van der Waals surface area contributed by atoms with Crippen molar-refractivity contribution in [2.45, 2.75) is 19.4 Å². The highest BCUT2D eigenvalue weighted by atomic mass is 16.5. The molecule has 0 heterocycles. The lowest BCUT2D eigenvalue weighted by molar-refractivity contribution is 0.371. The summed E-state index contributed by atoms with van der Waals surface area (Å²) in [6, 6.07) is 6.27. The van der Waals surface area contributed by atoms with Crippen LogP contribution in [0.1, 0.15) is 17.5 Å². The topological polar surface area (TPSA) is 12.5 Å². The van der Waals surface area contributed by atoms with E-state index in [1.165, 1.54) is 11.1 Å². The molecule has 0 aliphatic carbocycles. The van der Waals surface area contributed by atoms with E-state index in [1.807, 2.05) is 20.2 Å². The quantitative estimate of drug-likeness (QED) is 0.702. The summed E-state index contributed by atoms with van der Waals surface area (Å²) in [5, 5.41) is 0. The van der Waals surface area contributed by atoms with Gasteiger partial charge in [-0.3, -0.25) is 0 Å². The molecule has 0 unspecified atom stereocenters. The van der Waals surface area contributed by atoms with Crippen LogP contribution in [0.15, 0.2) is 18.2 Å². The van der Waals surface area contributed by atoms with Gasteiger partial charge in [-0.15, -0.1) is 12.3 Å². The normalized spacial score (nSPS) is 10.2. The van der Waals surface area contributed by atoms with Crippen LogP contribution < -0.4 is 4.74 Å². The average Bonchev–Trinajstić information content (AvgIpc) is 2.26. The van der Waals surface area contributed by atoms with Crippen LogP contribution in [0.5, 0.6) is 5.75 Å². The zero-order valence-corrected chi connectivity index (χ0v) is 10.3. The van der Waals surface area contributed by atoms with Gasteiger partial charge in [0.05, 0.1) is 7.11 Å². The Bertz CT molecular complexity index is 377. The van der Waals surface area contributed by atoms with Crippen molar-refractivity contribution in [3.05, 3.63) is 29.3 Å². The maximum absolute atomic E-state index is 5.34. The summed E-state index contributed by atoms with van der Waals surface area (Å²) >= 11 is 0. The van der Waals surface area contributed by atoms with Gasteiger partial charge in [0.15, 0.2) is 0 Å². The van der Waals surface area contributed by atoms with Crippen molar-refractivity contribution in [1.29, 1.82) is 0 Å². The van der Waals surface area contributed by atoms with E-state index in [4.69, 9.17) is 11.2 Å². The van der Waals surface area contributed by atoms with E-state index in [9.17, 15) is 0 Å². The number of terminal acetylenes is 1. The number of hydrogen-bond donors (Lipinski definition) is 0. The Morgan fingerprint density at radius 3 is 2.69 bits per heavy atom. The predicted molar refractivity (Wildman–Crippen MR) is 67.5 cm³/mol. The first kappa shape index (κ1) is 12.6. The van der Waals surface area contributed by atoms with E-state index in [-0.39, 0.29) is 0 Å². The number of benzene rings is 1. The summed E-state index contributed by atoms with van der Waals surface area (Å²) in [6.45, 7) is 0.882. The number of hydrogen-bond acceptors (Lipinski definition) is 2. The molecule has 0 amide bonds. The Kier molecular flexibility index (Phi) is 4.88. The summed E-state index contributed by atoms with van der Waals surface area (Å²) in [4.78, 5) is 2.13. The highest BCUT2D eigenvalue weighted by Gasteiger charge is 2.05. The minimum absolute atomic E-state index is 0.785. The summed E-state index contributed by atoms with van der Waals surface area (Å²) in [7, 11) is 5.80. The molecule has 0 aliphatic heterocycles. The fraction of sp³-hybridized carbons (Fsp3) is 0.429. The third-order valence-electron chi connectivity index (χ3n) is 2.39. The molecule has 0 N–H and O–H groups in total. The van der Waals surface area contributed by atoms with E-state index in [0.717, 1.165) is 25.1 Å². The van der Waals surface area contributed by atoms with Crippen molar-refractivity contribution < 1.29 is 4.74 Å². The summed E-state index contributed by atoms with van der Waals surface area (Å²) < 4.78 is 5.34. The first-order valence-electron chi connectivity index (χ1n) is 5.41. The van der Waals surface area contributed by atoms with Crippen LogP contribution in [0.25, 0.3) is 0 Å². The third kappa shape index (κ3) is 3.60. The van der Waals surface area contributed by atoms with Gasteiger partial charge in [0.1, 0.15) is 5.75 Å². The van der Waals surface area contributed by atoms with Crippen molar-refractivity contribution in [1.82, 2.24) is 4.90 Å². The zero-order valence-electron chi connectivity index (χ0n) is 10.3. The predicted octanol–water partition coefficient (Wildman–Crippen LogP) is 2.32. The molecule has 1 aromatic rings. The van der Waals surface area contributed by atoms with Gasteiger partial charge < -0.3 is 9.64 Å². The van der Waals surface area contributed by atoms with Crippen molar-refractivity contribution in [3.63, 3.8) is 0 Å². The molecular weight excluding hydrogens is 198 g/mol. The fourth-order valence-electron chi connectivity index (χ4n) is 1.67. The smallest absolute Gasteiger partial charge is 0.123 e. The molecule has 0 radical (unpaired) electrons. The van der Waals surface area contributed by atoms with E-state index in [0.29, 0.717) is 0 Å². The number of rotatable bonds is 5. The number of aryl methyl sites for hydroxylation is 1. The molecule has 0 aliphatic rings. The summed E-state index contributed by atoms with van der Waals surface area (Å²) in [5.41, 5.74) is 2.48. The van der Waals surface area contributed by atoms with Crippen molar-refractivity contribution in [2.75, 3.05) is 21.2 Å². The number of ether oxygens (including phenoxy) is 1. The molecule has 0 spiro atoms. The van der Waals surface area contributed by atoms with Crippen LogP contribution in [0.3, 0.4) is 0 Å². The monoisotopic (exact) mass is 217 g/mol. The molecule has 0 saturated carbocycles. The second kappa shape index (κ2) is 6.19. The van der Waals surface area contributed by atoms with Gasteiger partial charge in [0.2, 0.25) is 0 Å². The third-order valence-corrected chi connectivity index (χ3v) is 2.39. The Morgan fingerprint density at radius 1 is 1.38 bits per heavy atom. The van der Waals surface area contributed by atoms with E-state index < -0.39 is 0 Å². The first-order valence-corrected chi connectivity index (χ1v) is 5.41. The molecule has 0 aromatic heterocycles. The van der Waals surface area contributed by atoms with Crippen LogP contribution in [-0.2, 0) is 13.0 Å². The Hall–Kier alpha value is -1.46. The van der Waals surface area contributed by atoms with Gasteiger partial charge in [0, 0.05) is 18.5 Å². The van der Waals surface area contributed by atoms with E-state index in [1.54, 1.807) is 7.11 Å². The van der Waals surface area contributed by atoms with Crippen molar-refractivity contribution in [3.8, 4) is 18.1 Å². The van der Waals surface area contributed by atoms with Crippen molar-refractivity contribution in [2.24, 2.45) is 0 Å². The minimum Gasteiger partial charge on any atom is -0.496 e. The number of methoxy groups -OCH3 is 1. The molecule has 0 saturated heterocycles. The van der Waals surface area contributed by atoms with Gasteiger partial charge >= 0.3 is 0 Å². The second-order valence-corrected chi connectivity index (χ2v) is 4.09. The van der Waals surface area contributed by atoms with Gasteiger partial charge in [-0.25, -0.2) is 0 Å². The Morgan fingerprint density at radius 2 is 2.12 bits per heavy atom. The van der Waals surface area contributed by atoms with Crippen LogP contribution in [0, 0.1) is 12.3 Å². The largest absolute Gasteiger partial charge is 0.496 e. The molecular formula is C14H19NO. The van der Waals surface area contributed by atoms with E-state index in [2.05, 4.69) is 23.0 Å². The molecule has 0 fully saturated rings. The van der Waals surface area contributed by atoms with Gasteiger partial charge in [-0.2, -0.15) is 0 Å². The molecule has 86 valence electrons. The zero-order chi connectivity index (χ0) is 12.0. The van der Waals surface area contributed by atoms with Crippen LogP contribution in [0.2, 0.25) is 0 Å². The highest BCUT2D eigenvalue weighted by Crippen LogP contribution is 2.21. The summed E-state index contributed by atoms with van der Waals surface area (Å²) in [6.07, 6.45) is 6.99. The maximum atomic E-state index is 5.34. The second-order valence-electron chi connectivity index (χ2n) is 4.09. The van der Waals surface area contributed by atoms with E-state index >= 15 is 0 Å². The maximum Gasteiger partial charge on any atom is 0.123 e. The highest BCUT2D eigenvalue weighted by molar-refractivity contribution is 5.37. The first-order chi connectivity index (χ1) is 7.67. The molecule has 2 nitrogen and oxygen atoms in total. The number of nitrogens with zero attached hydrogens (tertiary/aromatic N) is 1. The summed E-state index contributed by atoms with van der Waals surface area (Å²) in [5.74, 6) is 3.61. The van der Waals surface area contributed by atoms with Gasteiger partial charge in [0.25, 0.3) is 0 Å². The lowest BCUT2D eigenvalue weighted by Crippen LogP contribution is -2.11.